The molecule has 228 valence electrons. The molecule has 0 saturated heterocycles. The van der Waals surface area contributed by atoms with Gasteiger partial charge in [-0.1, -0.05) is 109 Å². The van der Waals surface area contributed by atoms with Crippen molar-refractivity contribution in [3.63, 3.8) is 0 Å². The summed E-state index contributed by atoms with van der Waals surface area (Å²) in [6, 6.07) is 59.4. The third-order valence-corrected chi connectivity index (χ3v) is 11.2. The number of benzene rings is 7. The van der Waals surface area contributed by atoms with Gasteiger partial charge in [-0.25, -0.2) is 4.98 Å². The molecular formula is C45H27N3S. The fourth-order valence-corrected chi connectivity index (χ4v) is 9.10. The van der Waals surface area contributed by atoms with Crippen LogP contribution in [0.3, 0.4) is 0 Å². The van der Waals surface area contributed by atoms with E-state index >= 15 is 0 Å². The lowest BCUT2D eigenvalue weighted by atomic mass is 10.0. The smallest absolute Gasteiger partial charge is 0.125 e. The van der Waals surface area contributed by atoms with E-state index in [1.165, 1.54) is 69.9 Å². The molecule has 4 heteroatoms. The lowest BCUT2D eigenvalue weighted by Gasteiger charge is -2.12. The van der Waals surface area contributed by atoms with E-state index in [-0.39, 0.29) is 0 Å². The molecule has 4 heterocycles. The van der Waals surface area contributed by atoms with Crippen LogP contribution < -0.4 is 0 Å². The van der Waals surface area contributed by atoms with E-state index in [4.69, 9.17) is 4.98 Å². The first-order chi connectivity index (χ1) is 24.3. The van der Waals surface area contributed by atoms with Crippen molar-refractivity contribution in [2.75, 3.05) is 0 Å². The van der Waals surface area contributed by atoms with Crippen LogP contribution in [0.25, 0.3) is 97.3 Å². The Morgan fingerprint density at radius 1 is 0.388 bits per heavy atom. The third kappa shape index (κ3) is 3.80. The van der Waals surface area contributed by atoms with E-state index in [9.17, 15) is 0 Å². The molecule has 0 aliphatic heterocycles. The van der Waals surface area contributed by atoms with E-state index in [0.717, 1.165) is 27.5 Å². The van der Waals surface area contributed by atoms with E-state index in [1.54, 1.807) is 11.3 Å². The van der Waals surface area contributed by atoms with Crippen molar-refractivity contribution in [1.29, 1.82) is 0 Å². The summed E-state index contributed by atoms with van der Waals surface area (Å²) in [5.41, 5.74) is 9.26. The van der Waals surface area contributed by atoms with Crippen LogP contribution in [0.15, 0.2) is 164 Å². The number of aromatic nitrogens is 3. The second kappa shape index (κ2) is 10.1. The van der Waals surface area contributed by atoms with Gasteiger partial charge in [0, 0.05) is 59.3 Å². The van der Waals surface area contributed by atoms with Crippen molar-refractivity contribution >= 4 is 86.0 Å². The molecule has 49 heavy (non-hydrogen) atoms. The molecule has 0 N–H and O–H groups in total. The van der Waals surface area contributed by atoms with Crippen LogP contribution in [0, 0.1) is 0 Å². The Balaban J connectivity index is 1.09. The van der Waals surface area contributed by atoms with Crippen molar-refractivity contribution in [3.8, 4) is 22.6 Å². The molecule has 11 aromatic rings. The van der Waals surface area contributed by atoms with Gasteiger partial charge >= 0.3 is 0 Å². The number of para-hydroxylation sites is 3. The van der Waals surface area contributed by atoms with E-state index in [1.807, 2.05) is 0 Å². The minimum atomic E-state index is 1.03. The number of hydrogen-bond donors (Lipinski definition) is 0. The Morgan fingerprint density at radius 2 is 0.878 bits per heavy atom. The number of fused-ring (bicyclic) bond motifs is 11. The number of pyridine rings is 1. The highest BCUT2D eigenvalue weighted by Crippen LogP contribution is 2.41. The molecular weight excluding hydrogens is 615 g/mol. The zero-order valence-electron chi connectivity index (χ0n) is 26.3. The molecule has 0 atom stereocenters. The van der Waals surface area contributed by atoms with Gasteiger partial charge in [0.2, 0.25) is 0 Å². The summed E-state index contributed by atoms with van der Waals surface area (Å²) >= 11 is 1.77. The Hall–Kier alpha value is -6.23. The van der Waals surface area contributed by atoms with Crippen LogP contribution in [0.1, 0.15) is 0 Å². The topological polar surface area (TPSA) is 22.8 Å². The molecule has 7 aromatic carbocycles. The third-order valence-electron chi connectivity index (χ3n) is 10.1. The van der Waals surface area contributed by atoms with Crippen LogP contribution in [-0.4, -0.2) is 14.1 Å². The van der Waals surface area contributed by atoms with E-state index < -0.39 is 0 Å². The molecule has 0 fully saturated rings. The number of rotatable bonds is 3. The maximum absolute atomic E-state index is 5.29. The molecule has 0 saturated carbocycles. The van der Waals surface area contributed by atoms with Gasteiger partial charge in [-0.05, 0) is 60.0 Å². The number of thiophene rings is 1. The Labute approximate surface area is 285 Å². The highest BCUT2D eigenvalue weighted by molar-refractivity contribution is 7.25. The molecule has 0 radical (unpaired) electrons. The summed E-state index contributed by atoms with van der Waals surface area (Å²) in [7, 11) is 0. The first kappa shape index (κ1) is 26.8. The van der Waals surface area contributed by atoms with Crippen molar-refractivity contribution in [2.45, 2.75) is 0 Å². The quantitative estimate of drug-likeness (QED) is 0.188. The first-order valence-corrected chi connectivity index (χ1v) is 17.5. The van der Waals surface area contributed by atoms with Gasteiger partial charge in [-0.15, -0.1) is 11.3 Å². The lowest BCUT2D eigenvalue weighted by molar-refractivity contribution is 1.16. The summed E-state index contributed by atoms with van der Waals surface area (Å²) in [6.07, 6.45) is 0. The second-order valence-electron chi connectivity index (χ2n) is 12.8. The van der Waals surface area contributed by atoms with Crippen molar-refractivity contribution in [3.05, 3.63) is 164 Å². The van der Waals surface area contributed by atoms with Crippen LogP contribution >= 0.6 is 11.3 Å². The standard InChI is InChI=1S/C45H27N3S/c1-2-15-35-34(14-1)43-36-16-6-10-20-42(36)49-45(43)46-44(35)28-21-23-29(24-22-28)47-40-19-9-5-13-33(40)37-27-30(25-26-41(37)47)48-38-17-7-3-11-31(38)32-12-4-8-18-39(32)48/h1-27H. The van der Waals surface area contributed by atoms with Gasteiger partial charge in [0.25, 0.3) is 0 Å². The Kier molecular flexibility index (Phi) is 5.54. The van der Waals surface area contributed by atoms with Gasteiger partial charge in [-0.3, -0.25) is 0 Å². The zero-order chi connectivity index (χ0) is 32.1. The molecule has 0 amide bonds. The van der Waals surface area contributed by atoms with Crippen LogP contribution in [0.5, 0.6) is 0 Å². The molecule has 4 aromatic heterocycles. The fraction of sp³-hybridized carbons (Fsp3) is 0. The molecule has 0 aliphatic rings. The minimum Gasteiger partial charge on any atom is -0.309 e. The summed E-state index contributed by atoms with van der Waals surface area (Å²) in [5.74, 6) is 0. The normalized spacial score (nSPS) is 12.1. The largest absolute Gasteiger partial charge is 0.309 e. The molecule has 0 unspecified atom stereocenters. The van der Waals surface area contributed by atoms with Gasteiger partial charge < -0.3 is 9.13 Å². The highest BCUT2D eigenvalue weighted by atomic mass is 32.1. The summed E-state index contributed by atoms with van der Waals surface area (Å²) in [4.78, 5) is 6.37. The summed E-state index contributed by atoms with van der Waals surface area (Å²) in [6.45, 7) is 0. The maximum Gasteiger partial charge on any atom is 0.125 e. The highest BCUT2D eigenvalue weighted by Gasteiger charge is 2.18. The summed E-state index contributed by atoms with van der Waals surface area (Å²) < 4.78 is 6.07. The zero-order valence-corrected chi connectivity index (χ0v) is 27.2. The predicted octanol–water partition coefficient (Wildman–Crippen LogP) is 12.5. The number of nitrogens with zero attached hydrogens (tertiary/aromatic N) is 3. The van der Waals surface area contributed by atoms with Gasteiger partial charge in [-0.2, -0.15) is 0 Å². The fourth-order valence-electron chi connectivity index (χ4n) is 8.01. The second-order valence-corrected chi connectivity index (χ2v) is 13.8. The first-order valence-electron chi connectivity index (χ1n) is 16.6. The molecule has 0 bridgehead atoms. The summed E-state index contributed by atoms with van der Waals surface area (Å²) in [5, 5.41) is 9.99. The van der Waals surface area contributed by atoms with Crippen LogP contribution in [-0.2, 0) is 0 Å². The average molecular weight is 642 g/mol. The molecule has 0 aliphatic carbocycles. The van der Waals surface area contributed by atoms with Crippen molar-refractivity contribution < 1.29 is 0 Å². The van der Waals surface area contributed by atoms with Crippen LogP contribution in [0.2, 0.25) is 0 Å². The average Bonchev–Trinajstić information content (AvgIpc) is 3.82. The maximum atomic E-state index is 5.29. The Morgan fingerprint density at radius 3 is 1.55 bits per heavy atom. The molecule has 0 spiro atoms. The predicted molar refractivity (Wildman–Crippen MR) is 209 cm³/mol. The lowest BCUT2D eigenvalue weighted by Crippen LogP contribution is -1.96. The molecule has 3 nitrogen and oxygen atoms in total. The number of hydrogen-bond acceptors (Lipinski definition) is 2. The van der Waals surface area contributed by atoms with E-state index in [0.29, 0.717) is 0 Å². The monoisotopic (exact) mass is 641 g/mol. The SMILES string of the molecule is c1ccc2c(c1)sc1nc(-c3ccc(-n4c5ccccc5c5cc(-n6c7ccccc7c7ccccc76)ccc54)cc3)c3ccccc3c12. The van der Waals surface area contributed by atoms with Crippen molar-refractivity contribution in [1.82, 2.24) is 14.1 Å². The Bertz CT molecular complexity index is 3050. The van der Waals surface area contributed by atoms with Gasteiger partial charge in [0.1, 0.15) is 4.83 Å². The van der Waals surface area contributed by atoms with Gasteiger partial charge in [0.05, 0.1) is 27.8 Å². The van der Waals surface area contributed by atoms with Gasteiger partial charge in [0.15, 0.2) is 0 Å². The molecule has 11 rings (SSSR count). The van der Waals surface area contributed by atoms with E-state index in [2.05, 4.69) is 173 Å². The van der Waals surface area contributed by atoms with Crippen molar-refractivity contribution in [2.24, 2.45) is 0 Å². The van der Waals surface area contributed by atoms with Crippen LogP contribution in [0.4, 0.5) is 0 Å². The minimum absolute atomic E-state index is 1.03.